The van der Waals surface area contributed by atoms with Crippen molar-refractivity contribution in [3.63, 3.8) is 0 Å². The monoisotopic (exact) mass is 432 g/mol. The molecule has 1 atom stereocenters. The van der Waals surface area contributed by atoms with Gasteiger partial charge in [0.15, 0.2) is 0 Å². The first-order valence-corrected chi connectivity index (χ1v) is 9.51. The maximum atomic E-state index is 12.7. The molecule has 7 heteroatoms. The first-order chi connectivity index (χ1) is 13.1. The highest BCUT2D eigenvalue weighted by Crippen LogP contribution is 2.25. The van der Waals surface area contributed by atoms with Gasteiger partial charge in [0.25, 0.3) is 11.8 Å². The van der Waals surface area contributed by atoms with Crippen LogP contribution in [0.15, 0.2) is 46.9 Å². The number of halogens is 1. The average Bonchev–Trinajstić information content (AvgIpc) is 3.20. The van der Waals surface area contributed by atoms with Gasteiger partial charge in [0.1, 0.15) is 5.75 Å². The fourth-order valence-corrected chi connectivity index (χ4v) is 3.31. The minimum Gasteiger partial charge on any atom is -0.496 e. The standard InChI is InChI=1S/C20H21BrN2O4/c1-26-18-9-8-13(21)11-16(18)20(25)23-17-7-3-2-6-15(17)19(24)22-12-14-5-4-10-27-14/h2-3,6-9,11,14H,4-5,10,12H2,1H3,(H,22,24)(H,23,25). The van der Waals surface area contributed by atoms with Crippen LogP contribution < -0.4 is 15.4 Å². The van der Waals surface area contributed by atoms with Crippen LogP contribution in [0.4, 0.5) is 5.69 Å². The van der Waals surface area contributed by atoms with Gasteiger partial charge in [0.05, 0.1) is 30.0 Å². The molecule has 0 aliphatic carbocycles. The van der Waals surface area contributed by atoms with E-state index in [0.29, 0.717) is 29.1 Å². The Bertz CT molecular complexity index is 834. The summed E-state index contributed by atoms with van der Waals surface area (Å²) in [5.41, 5.74) is 1.22. The van der Waals surface area contributed by atoms with Gasteiger partial charge in [-0.15, -0.1) is 0 Å². The number of hydrogen-bond acceptors (Lipinski definition) is 4. The molecule has 2 N–H and O–H groups in total. The Morgan fingerprint density at radius 3 is 2.74 bits per heavy atom. The molecule has 2 aromatic rings. The van der Waals surface area contributed by atoms with Crippen molar-refractivity contribution in [2.45, 2.75) is 18.9 Å². The highest BCUT2D eigenvalue weighted by atomic mass is 79.9. The van der Waals surface area contributed by atoms with E-state index in [1.54, 1.807) is 42.5 Å². The van der Waals surface area contributed by atoms with E-state index in [0.717, 1.165) is 23.9 Å². The minimum absolute atomic E-state index is 0.0571. The Labute approximate surface area is 166 Å². The normalized spacial score (nSPS) is 16.0. The second kappa shape index (κ2) is 9.01. The molecule has 1 fully saturated rings. The van der Waals surface area contributed by atoms with Crippen molar-refractivity contribution < 1.29 is 19.1 Å². The number of rotatable bonds is 6. The zero-order chi connectivity index (χ0) is 19.2. The molecule has 0 bridgehead atoms. The first-order valence-electron chi connectivity index (χ1n) is 8.72. The summed E-state index contributed by atoms with van der Waals surface area (Å²) in [5, 5.41) is 5.68. The molecule has 0 radical (unpaired) electrons. The highest BCUT2D eigenvalue weighted by molar-refractivity contribution is 9.10. The summed E-state index contributed by atoms with van der Waals surface area (Å²) in [6, 6.07) is 12.1. The zero-order valence-corrected chi connectivity index (χ0v) is 16.5. The van der Waals surface area contributed by atoms with Gasteiger partial charge in [-0.1, -0.05) is 28.1 Å². The van der Waals surface area contributed by atoms with Gasteiger partial charge in [-0.3, -0.25) is 9.59 Å². The van der Waals surface area contributed by atoms with E-state index >= 15 is 0 Å². The Balaban J connectivity index is 1.74. The third-order valence-corrected chi connectivity index (χ3v) is 4.83. The number of methoxy groups -OCH3 is 1. The van der Waals surface area contributed by atoms with Crippen LogP contribution in [-0.2, 0) is 4.74 Å². The number of carbonyl (C=O) groups excluding carboxylic acids is 2. The fraction of sp³-hybridized carbons (Fsp3) is 0.300. The molecule has 1 aliphatic rings. The molecule has 142 valence electrons. The van der Waals surface area contributed by atoms with Crippen LogP contribution in [0.5, 0.6) is 5.75 Å². The van der Waals surface area contributed by atoms with Crippen molar-refractivity contribution in [3.8, 4) is 5.75 Å². The largest absolute Gasteiger partial charge is 0.496 e. The maximum Gasteiger partial charge on any atom is 0.259 e. The van der Waals surface area contributed by atoms with Crippen molar-refractivity contribution in [1.29, 1.82) is 0 Å². The number of para-hydroxylation sites is 1. The average molecular weight is 433 g/mol. The van der Waals surface area contributed by atoms with Gasteiger partial charge in [-0.05, 0) is 43.2 Å². The van der Waals surface area contributed by atoms with Gasteiger partial charge in [-0.2, -0.15) is 0 Å². The van der Waals surface area contributed by atoms with Crippen LogP contribution in [0.2, 0.25) is 0 Å². The molecule has 1 heterocycles. The topological polar surface area (TPSA) is 76.7 Å². The van der Waals surface area contributed by atoms with Crippen molar-refractivity contribution >= 4 is 33.4 Å². The number of anilines is 1. The Morgan fingerprint density at radius 2 is 2.00 bits per heavy atom. The Kier molecular flexibility index (Phi) is 6.47. The van der Waals surface area contributed by atoms with Crippen LogP contribution in [0.3, 0.4) is 0 Å². The van der Waals surface area contributed by atoms with Gasteiger partial charge in [-0.25, -0.2) is 0 Å². The summed E-state index contributed by atoms with van der Waals surface area (Å²) in [5.74, 6) is -0.147. The summed E-state index contributed by atoms with van der Waals surface area (Å²) in [6.07, 6.45) is 2.02. The van der Waals surface area contributed by atoms with Crippen molar-refractivity contribution in [2.75, 3.05) is 25.6 Å². The lowest BCUT2D eigenvalue weighted by molar-refractivity contribution is 0.0858. The molecular weight excluding hydrogens is 412 g/mol. The van der Waals surface area contributed by atoms with Crippen LogP contribution >= 0.6 is 15.9 Å². The molecule has 1 aliphatic heterocycles. The van der Waals surface area contributed by atoms with Crippen molar-refractivity contribution in [3.05, 3.63) is 58.1 Å². The maximum absolute atomic E-state index is 12.7. The quantitative estimate of drug-likeness (QED) is 0.730. The number of carbonyl (C=O) groups is 2. The third kappa shape index (κ3) is 4.87. The lowest BCUT2D eigenvalue weighted by Crippen LogP contribution is -2.32. The molecule has 1 saturated heterocycles. The highest BCUT2D eigenvalue weighted by Gasteiger charge is 2.19. The molecule has 0 spiro atoms. The van der Waals surface area contributed by atoms with E-state index in [-0.39, 0.29) is 17.9 Å². The van der Waals surface area contributed by atoms with Crippen LogP contribution in [0, 0.1) is 0 Å². The van der Waals surface area contributed by atoms with Crippen molar-refractivity contribution in [1.82, 2.24) is 5.32 Å². The summed E-state index contributed by atoms with van der Waals surface area (Å²) in [7, 11) is 1.51. The fourth-order valence-electron chi connectivity index (χ4n) is 2.94. The Hall–Kier alpha value is -2.38. The molecule has 1 unspecified atom stereocenters. The predicted octanol–water partition coefficient (Wildman–Crippen LogP) is 3.62. The zero-order valence-electron chi connectivity index (χ0n) is 15.0. The van der Waals surface area contributed by atoms with Gasteiger partial charge in [0.2, 0.25) is 0 Å². The van der Waals surface area contributed by atoms with E-state index in [2.05, 4.69) is 26.6 Å². The van der Waals surface area contributed by atoms with Gasteiger partial charge < -0.3 is 20.1 Å². The molecule has 6 nitrogen and oxygen atoms in total. The van der Waals surface area contributed by atoms with Crippen molar-refractivity contribution in [2.24, 2.45) is 0 Å². The smallest absolute Gasteiger partial charge is 0.259 e. The number of ether oxygens (including phenoxy) is 2. The van der Waals surface area contributed by atoms with Crippen LogP contribution in [-0.4, -0.2) is 38.2 Å². The van der Waals surface area contributed by atoms with Gasteiger partial charge >= 0.3 is 0 Å². The van der Waals surface area contributed by atoms with Crippen LogP contribution in [0.25, 0.3) is 0 Å². The molecule has 2 aromatic carbocycles. The summed E-state index contributed by atoms with van der Waals surface area (Å²) in [6.45, 7) is 1.20. The summed E-state index contributed by atoms with van der Waals surface area (Å²) in [4.78, 5) is 25.3. The van der Waals surface area contributed by atoms with E-state index < -0.39 is 0 Å². The van der Waals surface area contributed by atoms with E-state index in [9.17, 15) is 9.59 Å². The van der Waals surface area contributed by atoms with E-state index in [4.69, 9.17) is 9.47 Å². The lowest BCUT2D eigenvalue weighted by atomic mass is 10.1. The molecular formula is C20H21BrN2O4. The van der Waals surface area contributed by atoms with Crippen LogP contribution in [0.1, 0.15) is 33.6 Å². The van der Waals surface area contributed by atoms with E-state index in [1.165, 1.54) is 7.11 Å². The summed E-state index contributed by atoms with van der Waals surface area (Å²) < 4.78 is 11.5. The number of hydrogen-bond donors (Lipinski definition) is 2. The van der Waals surface area contributed by atoms with Gasteiger partial charge in [0, 0.05) is 17.6 Å². The number of benzene rings is 2. The minimum atomic E-state index is -0.354. The molecule has 2 amide bonds. The van der Waals surface area contributed by atoms with E-state index in [1.807, 2.05) is 0 Å². The number of amides is 2. The summed E-state index contributed by atoms with van der Waals surface area (Å²) >= 11 is 3.36. The molecule has 27 heavy (non-hydrogen) atoms. The number of nitrogens with one attached hydrogen (secondary N) is 2. The third-order valence-electron chi connectivity index (χ3n) is 4.34. The second-order valence-corrected chi connectivity index (χ2v) is 7.11. The molecule has 0 saturated carbocycles. The SMILES string of the molecule is COc1ccc(Br)cc1C(=O)Nc1ccccc1C(=O)NCC1CCCO1. The molecule has 3 rings (SSSR count). The molecule has 0 aromatic heterocycles. The second-order valence-electron chi connectivity index (χ2n) is 6.19. The predicted molar refractivity (Wildman–Crippen MR) is 106 cm³/mol. The lowest BCUT2D eigenvalue weighted by Gasteiger charge is -2.14. The Morgan fingerprint density at radius 1 is 1.19 bits per heavy atom. The first kappa shape index (κ1) is 19.4.